The van der Waals surface area contributed by atoms with E-state index in [2.05, 4.69) is 79.0 Å². The fourth-order valence-electron chi connectivity index (χ4n) is 4.16. The van der Waals surface area contributed by atoms with E-state index in [0.29, 0.717) is 0 Å². The van der Waals surface area contributed by atoms with Gasteiger partial charge in [0.15, 0.2) is 0 Å². The van der Waals surface area contributed by atoms with E-state index >= 15 is 0 Å². The molecule has 1 heterocycles. The highest BCUT2D eigenvalue weighted by atomic mass is 14.9. The van der Waals surface area contributed by atoms with Crippen molar-refractivity contribution in [3.63, 3.8) is 0 Å². The molecule has 0 radical (unpaired) electrons. The first kappa shape index (κ1) is 11.2. The van der Waals surface area contributed by atoms with Crippen LogP contribution in [0.2, 0.25) is 0 Å². The van der Waals surface area contributed by atoms with Crippen LogP contribution in [0, 0.1) is 0 Å². The molecule has 3 aromatic rings. The lowest BCUT2D eigenvalue weighted by Crippen LogP contribution is -2.28. The molecule has 1 unspecified atom stereocenters. The van der Waals surface area contributed by atoms with Gasteiger partial charge in [0.05, 0.1) is 0 Å². The van der Waals surface area contributed by atoms with Gasteiger partial charge >= 0.3 is 0 Å². The summed E-state index contributed by atoms with van der Waals surface area (Å²) in [6, 6.07) is 24.1. The molecule has 0 aromatic heterocycles. The van der Waals surface area contributed by atoms with E-state index in [0.717, 1.165) is 0 Å². The number of rotatable bonds is 0. The first-order valence-corrected chi connectivity index (χ1v) is 7.40. The third-order valence-corrected chi connectivity index (χ3v) is 5.06. The molecular weight excluding hydrogens is 254 g/mol. The van der Waals surface area contributed by atoms with Gasteiger partial charge in [0.25, 0.3) is 0 Å². The molecule has 0 saturated carbocycles. The lowest BCUT2D eigenvalue weighted by Gasteiger charge is -2.36. The molecule has 21 heavy (non-hydrogen) atoms. The van der Waals surface area contributed by atoms with E-state index in [-0.39, 0.29) is 5.41 Å². The van der Waals surface area contributed by atoms with Crippen LogP contribution in [0.5, 0.6) is 0 Å². The number of hydrogen-bond donors (Lipinski definition) is 1. The summed E-state index contributed by atoms with van der Waals surface area (Å²) in [6.45, 7) is 2.36. The molecule has 3 aromatic carbocycles. The molecule has 5 rings (SSSR count). The van der Waals surface area contributed by atoms with E-state index in [1.54, 1.807) is 0 Å². The van der Waals surface area contributed by atoms with Crippen LogP contribution in [0.1, 0.15) is 23.6 Å². The Hall–Kier alpha value is -2.54. The van der Waals surface area contributed by atoms with Gasteiger partial charge in [0.2, 0.25) is 0 Å². The monoisotopic (exact) mass is 269 g/mol. The van der Waals surface area contributed by atoms with Crippen LogP contribution in [0.3, 0.4) is 0 Å². The topological polar surface area (TPSA) is 12.0 Å². The van der Waals surface area contributed by atoms with Gasteiger partial charge in [-0.05, 0) is 46.9 Å². The van der Waals surface area contributed by atoms with Gasteiger partial charge in [-0.3, -0.25) is 0 Å². The minimum atomic E-state index is -0.0512. The summed E-state index contributed by atoms with van der Waals surface area (Å²) >= 11 is 0. The lowest BCUT2D eigenvalue weighted by molar-refractivity contribution is 0.710. The predicted octanol–water partition coefficient (Wildman–Crippen LogP) is 5.08. The van der Waals surface area contributed by atoms with Gasteiger partial charge in [-0.15, -0.1) is 0 Å². The zero-order valence-electron chi connectivity index (χ0n) is 11.9. The maximum atomic E-state index is 3.61. The van der Waals surface area contributed by atoms with Crippen molar-refractivity contribution in [1.82, 2.24) is 0 Å². The fourth-order valence-corrected chi connectivity index (χ4v) is 4.16. The second-order valence-corrected chi connectivity index (χ2v) is 6.07. The third-order valence-electron chi connectivity index (χ3n) is 5.06. The SMILES string of the molecule is CC12c3ccccc3Nc3cccc(c31)-c1ccccc12. The Bertz CT molecular complexity index is 894. The van der Waals surface area contributed by atoms with Gasteiger partial charge in [-0.2, -0.15) is 0 Å². The lowest BCUT2D eigenvalue weighted by atomic mass is 9.71. The van der Waals surface area contributed by atoms with Crippen molar-refractivity contribution in [3.8, 4) is 11.1 Å². The first-order chi connectivity index (χ1) is 10.3. The molecule has 0 bridgehead atoms. The number of para-hydroxylation sites is 1. The first-order valence-electron chi connectivity index (χ1n) is 7.40. The Morgan fingerprint density at radius 3 is 2.24 bits per heavy atom. The van der Waals surface area contributed by atoms with Crippen LogP contribution in [-0.4, -0.2) is 0 Å². The normalized spacial score (nSPS) is 20.2. The largest absolute Gasteiger partial charge is 0.355 e. The molecule has 1 aliphatic heterocycles. The smallest absolute Gasteiger partial charge is 0.0476 e. The second-order valence-electron chi connectivity index (χ2n) is 6.07. The highest BCUT2D eigenvalue weighted by molar-refractivity contribution is 5.93. The average molecular weight is 269 g/mol. The molecule has 1 nitrogen and oxygen atoms in total. The Balaban J connectivity index is 1.99. The summed E-state index contributed by atoms with van der Waals surface area (Å²) in [5, 5.41) is 3.61. The molecular formula is C20H15N. The number of nitrogens with one attached hydrogen (secondary N) is 1. The number of benzene rings is 3. The Morgan fingerprint density at radius 1 is 0.667 bits per heavy atom. The molecule has 0 spiro atoms. The number of fused-ring (bicyclic) bond motifs is 5. The van der Waals surface area contributed by atoms with Gasteiger partial charge < -0.3 is 5.32 Å². The number of hydrogen-bond acceptors (Lipinski definition) is 1. The van der Waals surface area contributed by atoms with Crippen molar-refractivity contribution in [2.75, 3.05) is 5.32 Å². The summed E-state index contributed by atoms with van der Waals surface area (Å²) in [5.74, 6) is 0. The van der Waals surface area contributed by atoms with Crippen molar-refractivity contribution >= 4 is 11.4 Å². The average Bonchev–Trinajstić information content (AvgIpc) is 2.80. The van der Waals surface area contributed by atoms with Crippen LogP contribution < -0.4 is 5.32 Å². The Kier molecular flexibility index (Phi) is 1.89. The fraction of sp³-hybridized carbons (Fsp3) is 0.100. The zero-order chi connectivity index (χ0) is 14.0. The van der Waals surface area contributed by atoms with E-state index in [4.69, 9.17) is 0 Å². The molecule has 0 amide bonds. The van der Waals surface area contributed by atoms with Crippen molar-refractivity contribution in [1.29, 1.82) is 0 Å². The van der Waals surface area contributed by atoms with Crippen molar-refractivity contribution in [2.45, 2.75) is 12.3 Å². The molecule has 0 fully saturated rings. The Morgan fingerprint density at radius 2 is 1.33 bits per heavy atom. The van der Waals surface area contributed by atoms with Crippen molar-refractivity contribution < 1.29 is 0 Å². The molecule has 100 valence electrons. The molecule has 0 saturated heterocycles. The number of anilines is 2. The van der Waals surface area contributed by atoms with E-state index in [1.165, 1.54) is 39.2 Å². The summed E-state index contributed by atoms with van der Waals surface area (Å²) in [4.78, 5) is 0. The van der Waals surface area contributed by atoms with Crippen molar-refractivity contribution in [3.05, 3.63) is 83.4 Å². The standard InChI is InChI=1S/C20H15N/c1-20-15-9-3-2-7-13(15)14-8-6-12-18(19(14)20)21-17-11-5-4-10-16(17)20/h2-12,21H,1H3. The van der Waals surface area contributed by atoms with Gasteiger partial charge in [-0.25, -0.2) is 0 Å². The summed E-state index contributed by atoms with van der Waals surface area (Å²) in [5.41, 5.74) is 9.36. The molecule has 1 heteroatoms. The van der Waals surface area contributed by atoms with Crippen molar-refractivity contribution in [2.24, 2.45) is 0 Å². The minimum absolute atomic E-state index is 0.0512. The molecule has 2 aliphatic rings. The second kappa shape index (κ2) is 3.56. The summed E-state index contributed by atoms with van der Waals surface area (Å²) in [7, 11) is 0. The van der Waals surface area contributed by atoms with Crippen LogP contribution in [0.4, 0.5) is 11.4 Å². The van der Waals surface area contributed by atoms with Crippen LogP contribution in [0.15, 0.2) is 66.7 Å². The van der Waals surface area contributed by atoms with Crippen LogP contribution in [0.25, 0.3) is 11.1 Å². The third kappa shape index (κ3) is 1.18. The van der Waals surface area contributed by atoms with Gasteiger partial charge in [0.1, 0.15) is 0 Å². The van der Waals surface area contributed by atoms with E-state index < -0.39 is 0 Å². The van der Waals surface area contributed by atoms with E-state index in [9.17, 15) is 0 Å². The highest BCUT2D eigenvalue weighted by Crippen LogP contribution is 2.58. The van der Waals surface area contributed by atoms with Crippen LogP contribution in [-0.2, 0) is 5.41 Å². The minimum Gasteiger partial charge on any atom is -0.355 e. The molecule has 1 atom stereocenters. The highest BCUT2D eigenvalue weighted by Gasteiger charge is 2.45. The van der Waals surface area contributed by atoms with Crippen LogP contribution >= 0.6 is 0 Å². The maximum absolute atomic E-state index is 3.61. The van der Waals surface area contributed by atoms with Gasteiger partial charge in [-0.1, -0.05) is 54.6 Å². The maximum Gasteiger partial charge on any atom is 0.0476 e. The molecule has 1 N–H and O–H groups in total. The zero-order valence-corrected chi connectivity index (χ0v) is 11.9. The van der Waals surface area contributed by atoms with Gasteiger partial charge in [0, 0.05) is 16.8 Å². The van der Waals surface area contributed by atoms with E-state index in [1.807, 2.05) is 0 Å². The summed E-state index contributed by atoms with van der Waals surface area (Å²) < 4.78 is 0. The quantitative estimate of drug-likeness (QED) is 0.600. The predicted molar refractivity (Wildman–Crippen MR) is 87.2 cm³/mol. The Labute approximate surface area is 124 Å². The summed E-state index contributed by atoms with van der Waals surface area (Å²) in [6.07, 6.45) is 0. The molecule has 1 aliphatic carbocycles.